The number of carbonyl (C=O) groups is 18. The fourth-order valence-corrected chi connectivity index (χ4v) is 8.88. The maximum absolute atomic E-state index is 14.2. The Balaban J connectivity index is 2.40. The Bertz CT molecular complexity index is 2880. The molecule has 90 heavy (non-hydrogen) atoms. The second-order valence-electron chi connectivity index (χ2n) is 20.7. The Labute approximate surface area is 510 Å². The molecule has 1 heterocycles. The van der Waals surface area contributed by atoms with Crippen LogP contribution in [0, 0.1) is 17.8 Å². The largest absolute Gasteiger partial charge is 0.481 e. The monoisotopic (exact) mass is 1280 g/mol. The topological polar surface area (TPSA) is 610 Å². The summed E-state index contributed by atoms with van der Waals surface area (Å²) in [4.78, 5) is 234. The fraction of sp³-hybridized carbons (Fsp3) is 0.537. The molecule has 0 radical (unpaired) electrons. The van der Waals surface area contributed by atoms with Crippen LogP contribution in [-0.4, -0.2) is 204 Å². The second-order valence-corrected chi connectivity index (χ2v) is 20.7. The van der Waals surface area contributed by atoms with E-state index in [2.05, 4.69) is 36.9 Å². The van der Waals surface area contributed by atoms with Crippen LogP contribution in [-0.2, 0) is 92.7 Å². The minimum Gasteiger partial charge on any atom is -0.481 e. The zero-order chi connectivity index (χ0) is 67.8. The first-order valence-corrected chi connectivity index (χ1v) is 27.8. The van der Waals surface area contributed by atoms with Crippen LogP contribution in [0.5, 0.6) is 0 Å². The summed E-state index contributed by atoms with van der Waals surface area (Å²) in [5, 5.41) is 84.7. The number of hydrogen-bond acceptors (Lipinski definition) is 19. The molecular weight excluding hydrogens is 1200 g/mol. The van der Waals surface area contributed by atoms with Gasteiger partial charge >= 0.3 is 41.8 Å². The third-order valence-electron chi connectivity index (χ3n) is 13.3. The summed E-state index contributed by atoms with van der Waals surface area (Å²) in [5.41, 5.74) is 11.3. The molecule has 1 aliphatic rings. The number of hydrogen-bond donors (Lipinski definition) is 17. The lowest BCUT2D eigenvalue weighted by Gasteiger charge is -2.26. The zero-order valence-electron chi connectivity index (χ0n) is 48.3. The van der Waals surface area contributed by atoms with Gasteiger partial charge in [0.25, 0.3) is 0 Å². The highest BCUT2D eigenvalue weighted by molar-refractivity contribution is 6.01. The first kappa shape index (κ1) is 75.6. The predicted octanol–water partition coefficient (Wildman–Crippen LogP) is -4.95. The van der Waals surface area contributed by atoms with Crippen molar-refractivity contribution in [3.05, 3.63) is 35.9 Å². The average molecular weight is 1280 g/mol. The molecule has 494 valence electrons. The van der Waals surface area contributed by atoms with Gasteiger partial charge in [0, 0.05) is 45.2 Å². The summed E-state index contributed by atoms with van der Waals surface area (Å²) in [7, 11) is 0. The highest BCUT2D eigenvalue weighted by Crippen LogP contribution is 2.19. The lowest BCUT2D eigenvalue weighted by atomic mass is 9.90. The molecule has 1 aromatic carbocycles. The number of guanidine groups is 1. The smallest absolute Gasteiger partial charge is 0.305 e. The van der Waals surface area contributed by atoms with Gasteiger partial charge in [-0.05, 0) is 37.7 Å². The molecule has 0 aromatic heterocycles. The van der Waals surface area contributed by atoms with Crippen molar-refractivity contribution in [2.45, 2.75) is 145 Å². The van der Waals surface area contributed by atoms with Gasteiger partial charge in [0.05, 0.1) is 81.3 Å². The number of nitrogens with two attached hydrogens (primary N) is 2. The highest BCUT2D eigenvalue weighted by Gasteiger charge is 2.38. The van der Waals surface area contributed by atoms with Crippen molar-refractivity contribution in [1.29, 1.82) is 0 Å². The molecule has 1 saturated heterocycles. The van der Waals surface area contributed by atoms with Gasteiger partial charge in [0.1, 0.15) is 30.0 Å². The molecule has 19 N–H and O–H groups in total. The van der Waals surface area contributed by atoms with E-state index in [1.807, 2.05) is 10.6 Å². The van der Waals surface area contributed by atoms with Crippen LogP contribution >= 0.6 is 0 Å². The first-order chi connectivity index (χ1) is 42.2. The summed E-state index contributed by atoms with van der Waals surface area (Å²) in [5.74, 6) is -30.1. The van der Waals surface area contributed by atoms with Crippen molar-refractivity contribution in [1.82, 2.24) is 42.5 Å². The quantitative estimate of drug-likeness (QED) is 0.0167. The van der Waals surface area contributed by atoms with Gasteiger partial charge < -0.3 is 89.7 Å². The summed E-state index contributed by atoms with van der Waals surface area (Å²) >= 11 is 0. The van der Waals surface area contributed by atoms with E-state index in [-0.39, 0.29) is 57.6 Å². The molecule has 0 bridgehead atoms. The molecule has 0 aliphatic carbocycles. The summed E-state index contributed by atoms with van der Waals surface area (Å²) in [6.45, 7) is -1.17. The van der Waals surface area contributed by atoms with Crippen molar-refractivity contribution in [3.8, 4) is 0 Å². The van der Waals surface area contributed by atoms with Crippen LogP contribution in [0.3, 0.4) is 0 Å². The van der Waals surface area contributed by atoms with Gasteiger partial charge in [-0.25, -0.2) is 0 Å². The minimum absolute atomic E-state index is 0.0263. The highest BCUT2D eigenvalue weighted by atomic mass is 16.4. The molecule has 1 fully saturated rings. The van der Waals surface area contributed by atoms with Crippen molar-refractivity contribution < 1.29 is 122 Å². The third-order valence-corrected chi connectivity index (χ3v) is 13.3. The zero-order valence-corrected chi connectivity index (χ0v) is 48.3. The van der Waals surface area contributed by atoms with Crippen LogP contribution in [0.4, 0.5) is 0 Å². The number of carboxylic acid groups (broad SMARTS) is 7. The number of unbranched alkanes of at least 4 members (excludes halogenated alkanes) is 1. The van der Waals surface area contributed by atoms with Crippen LogP contribution in [0.25, 0.3) is 0 Å². The number of carboxylic acids is 7. The summed E-state index contributed by atoms with van der Waals surface area (Å²) < 4.78 is 0. The molecule has 36 nitrogen and oxygen atoms in total. The number of rotatable bonds is 39. The Morgan fingerprint density at radius 1 is 0.489 bits per heavy atom. The van der Waals surface area contributed by atoms with Gasteiger partial charge in [0.2, 0.25) is 47.3 Å². The Morgan fingerprint density at radius 2 is 0.944 bits per heavy atom. The van der Waals surface area contributed by atoms with Crippen molar-refractivity contribution in [3.63, 3.8) is 0 Å². The van der Waals surface area contributed by atoms with E-state index in [0.717, 1.165) is 0 Å². The normalized spacial score (nSPS) is 17.9. The lowest BCUT2D eigenvalue weighted by Crippen LogP contribution is -2.58. The number of aliphatic carboxylic acids is 7. The van der Waals surface area contributed by atoms with Crippen LogP contribution in [0.2, 0.25) is 0 Å². The Hall–Kier alpha value is -10.5. The van der Waals surface area contributed by atoms with Gasteiger partial charge in [-0.15, -0.1) is 0 Å². The fourth-order valence-electron chi connectivity index (χ4n) is 8.88. The molecule has 1 aromatic rings. The Kier molecular flexibility index (Phi) is 32.5. The molecule has 2 rings (SSSR count). The number of nitrogens with zero attached hydrogens (tertiary/aromatic N) is 1. The van der Waals surface area contributed by atoms with E-state index in [1.54, 1.807) is 30.3 Å². The van der Waals surface area contributed by atoms with Gasteiger partial charge in [-0.3, -0.25) is 91.3 Å². The van der Waals surface area contributed by atoms with Crippen LogP contribution in [0.1, 0.15) is 108 Å². The number of amides is 8. The molecule has 9 atom stereocenters. The van der Waals surface area contributed by atoms with Crippen molar-refractivity contribution in [2.75, 3.05) is 19.6 Å². The molecule has 36 heteroatoms. The lowest BCUT2D eigenvalue weighted by molar-refractivity contribution is -0.146. The molecule has 2 unspecified atom stereocenters. The number of carbonyl (C=O) groups excluding carboxylic acids is 11. The number of aliphatic imine (C=N–C) groups is 1. The van der Waals surface area contributed by atoms with Gasteiger partial charge in [-0.1, -0.05) is 30.3 Å². The van der Waals surface area contributed by atoms with E-state index in [4.69, 9.17) is 16.6 Å². The van der Waals surface area contributed by atoms with E-state index in [0.29, 0.717) is 5.56 Å². The maximum atomic E-state index is 14.2. The van der Waals surface area contributed by atoms with Gasteiger partial charge in [-0.2, -0.15) is 0 Å². The molecule has 8 amide bonds. The average Bonchev–Trinajstić information content (AvgIpc) is 2.75. The first-order valence-electron chi connectivity index (χ1n) is 27.8. The second kappa shape index (κ2) is 38.7. The number of ketones is 3. The molecule has 1 aliphatic heterocycles. The van der Waals surface area contributed by atoms with E-state index in [9.17, 15) is 117 Å². The third kappa shape index (κ3) is 30.3. The van der Waals surface area contributed by atoms with E-state index >= 15 is 0 Å². The number of benzene rings is 1. The standard InChI is InChI=1S/C54H73N11O25/c55-54(56)58-14-6-10-31-50(87)59-25-39(69)60-36(24-46(82)83)53(90)65-35(15-26-7-2-1-3-8-26)52(89)62-32(51(88)61-31)9-4-5-13-57-47(84)28(20-42(74)75)17-37(67)33(22-44(78)79)64-49(86)29(21-43(76)77)18-38(68)34(23-45(80)81)63-48(85)27(19-41(72)73)16-30(66)11-12-40(70)71/h1-3,7-8,27-29,31-36H,4-6,9-25H2,(H,57,84)(H,59,87)(H,60,69)(H,61,88)(H,62,89)(H,63,85)(H,64,86)(H,65,90)(H,70,71)(H,72,73)(H,74,75)(H,76,77)(H,78,79)(H,80,81)(H,82,83)(H4,55,56,58)/t27-,28-,29-,31?,32?,33-,34-,35+,36-/m0/s1. The summed E-state index contributed by atoms with van der Waals surface area (Å²) in [6, 6.07) is -2.46. The van der Waals surface area contributed by atoms with Crippen molar-refractivity contribution >= 4 is 112 Å². The molecular formula is C54H73N11O25. The van der Waals surface area contributed by atoms with Gasteiger partial charge in [0.15, 0.2) is 17.5 Å². The minimum atomic E-state index is -2.16. The van der Waals surface area contributed by atoms with E-state index < -0.39 is 238 Å². The number of Topliss-reactive ketones (excluding diaryl/α,β-unsaturated/α-hetero) is 3. The molecule has 0 saturated carbocycles. The SMILES string of the molecule is NC(N)=NCCCC1NC(=O)C(CCCCNC(=O)[C@H](CC(=O)O)CC(=O)[C@H](CC(=O)O)NC(=O)[C@H](CC(=O)O)CC(=O)[C@H](CC(=O)O)NC(=O)[C@H](CC(=O)O)CC(=O)CCC(=O)O)NC(=O)[C@@H](Cc2ccccc2)NC(=O)[C@H](CC(=O)O)NC(=O)CNC1=O. The predicted molar refractivity (Wildman–Crippen MR) is 301 cm³/mol. The van der Waals surface area contributed by atoms with Crippen molar-refractivity contribution in [2.24, 2.45) is 34.2 Å². The van der Waals surface area contributed by atoms with E-state index in [1.165, 1.54) is 0 Å². The maximum Gasteiger partial charge on any atom is 0.305 e. The summed E-state index contributed by atoms with van der Waals surface area (Å²) in [6.07, 6.45) is -12.2. The van der Waals surface area contributed by atoms with Crippen LogP contribution in [0.15, 0.2) is 35.3 Å². The Morgan fingerprint density at radius 3 is 1.43 bits per heavy atom. The van der Waals surface area contributed by atoms with Crippen LogP contribution < -0.4 is 54.0 Å². The molecule has 0 spiro atoms. The number of nitrogens with one attached hydrogen (secondary N) is 8.